The van der Waals surface area contributed by atoms with Crippen LogP contribution in [0.1, 0.15) is 78.3 Å². The first-order valence-corrected chi connectivity index (χ1v) is 10.6. The number of ether oxygens (including phenoxy) is 3. The Kier molecular flexibility index (Phi) is 6.80. The summed E-state index contributed by atoms with van der Waals surface area (Å²) in [6, 6.07) is 10.3. The lowest BCUT2D eigenvalue weighted by molar-refractivity contribution is 0.0600. The maximum Gasteiger partial charge on any atom is 0.343 e. The minimum absolute atomic E-state index is 0.0628. The smallest absolute Gasteiger partial charge is 0.343 e. The first-order chi connectivity index (χ1) is 14.4. The number of hydrogen-bond acceptors (Lipinski definition) is 5. The fraction of sp³-hybridized carbons (Fsp3) is 0.440. The van der Waals surface area contributed by atoms with Crippen molar-refractivity contribution in [2.75, 3.05) is 13.7 Å². The summed E-state index contributed by atoms with van der Waals surface area (Å²) in [5.41, 5.74) is 2.93. The molecule has 0 bridgehead atoms. The van der Waals surface area contributed by atoms with Crippen molar-refractivity contribution in [1.29, 1.82) is 0 Å². The third kappa shape index (κ3) is 4.84. The monoisotopic (exact) mass is 410 g/mol. The van der Waals surface area contributed by atoms with Crippen LogP contribution in [-0.4, -0.2) is 25.7 Å². The Balaban J connectivity index is 1.89. The molecular formula is C25H30O5. The highest BCUT2D eigenvalue weighted by molar-refractivity contribution is 5.94. The Bertz CT molecular complexity index is 912. The van der Waals surface area contributed by atoms with Gasteiger partial charge in [-0.2, -0.15) is 0 Å². The number of esters is 2. The van der Waals surface area contributed by atoms with Crippen LogP contribution < -0.4 is 9.47 Å². The standard InChI is InChI=1S/C25H30O5/c1-5-6-7-8-18-15-22-21(25(2,3)13-14-29-22)16-20(18)24(27)30-19-11-9-17(10-12-19)23(26)28-4/h9-12,15-16H,5-8,13-14H2,1-4H3. The molecule has 0 unspecified atom stereocenters. The van der Waals surface area contributed by atoms with Gasteiger partial charge in [0.1, 0.15) is 11.5 Å². The largest absolute Gasteiger partial charge is 0.493 e. The number of carbonyl (C=O) groups excluding carboxylic acids is 2. The second-order valence-electron chi connectivity index (χ2n) is 8.35. The first kappa shape index (κ1) is 21.9. The molecule has 1 aliphatic heterocycles. The Morgan fingerprint density at radius 1 is 1.07 bits per heavy atom. The van der Waals surface area contributed by atoms with Gasteiger partial charge in [-0.3, -0.25) is 0 Å². The predicted octanol–water partition coefficient (Wildman–Crippen LogP) is 5.49. The second kappa shape index (κ2) is 9.33. The summed E-state index contributed by atoms with van der Waals surface area (Å²) in [5.74, 6) is 0.441. The first-order valence-electron chi connectivity index (χ1n) is 10.6. The zero-order valence-corrected chi connectivity index (χ0v) is 18.2. The molecule has 0 aliphatic carbocycles. The van der Waals surface area contributed by atoms with Gasteiger partial charge < -0.3 is 14.2 Å². The van der Waals surface area contributed by atoms with E-state index in [0.717, 1.165) is 49.0 Å². The van der Waals surface area contributed by atoms with Crippen LogP contribution in [0.25, 0.3) is 0 Å². The molecule has 0 amide bonds. The third-order valence-electron chi connectivity index (χ3n) is 5.67. The minimum atomic E-state index is -0.428. The Morgan fingerprint density at radius 2 is 1.80 bits per heavy atom. The molecule has 2 aromatic rings. The SMILES string of the molecule is CCCCCc1cc2c(cc1C(=O)Oc1ccc(C(=O)OC)cc1)C(C)(C)CCO2. The molecule has 5 heteroatoms. The van der Waals surface area contributed by atoms with Crippen LogP contribution in [0.2, 0.25) is 0 Å². The van der Waals surface area contributed by atoms with Gasteiger partial charge in [0.15, 0.2) is 0 Å². The molecule has 1 aliphatic rings. The fourth-order valence-corrected chi connectivity index (χ4v) is 3.72. The minimum Gasteiger partial charge on any atom is -0.493 e. The van der Waals surface area contributed by atoms with Crippen molar-refractivity contribution >= 4 is 11.9 Å². The van der Waals surface area contributed by atoms with Crippen LogP contribution in [0, 0.1) is 0 Å². The summed E-state index contributed by atoms with van der Waals surface area (Å²) in [7, 11) is 1.33. The van der Waals surface area contributed by atoms with Gasteiger partial charge in [0.05, 0.1) is 24.8 Å². The zero-order chi connectivity index (χ0) is 21.7. The average molecular weight is 411 g/mol. The maximum absolute atomic E-state index is 13.1. The van der Waals surface area contributed by atoms with E-state index >= 15 is 0 Å². The summed E-state index contributed by atoms with van der Waals surface area (Å²) >= 11 is 0. The number of benzene rings is 2. The van der Waals surface area contributed by atoms with Crippen LogP contribution in [-0.2, 0) is 16.6 Å². The molecule has 3 rings (SSSR count). The van der Waals surface area contributed by atoms with Crippen LogP contribution in [0.4, 0.5) is 0 Å². The van der Waals surface area contributed by atoms with Gasteiger partial charge in [-0.05, 0) is 66.6 Å². The van der Waals surface area contributed by atoms with Gasteiger partial charge in [0.2, 0.25) is 0 Å². The highest BCUT2D eigenvalue weighted by Gasteiger charge is 2.31. The van der Waals surface area contributed by atoms with Gasteiger partial charge in [0, 0.05) is 5.56 Å². The molecule has 0 spiro atoms. The number of rotatable bonds is 7. The number of methoxy groups -OCH3 is 1. The molecule has 5 nitrogen and oxygen atoms in total. The van der Waals surface area contributed by atoms with Gasteiger partial charge in [-0.1, -0.05) is 33.6 Å². The topological polar surface area (TPSA) is 61.8 Å². The van der Waals surface area contributed by atoms with Crippen molar-refractivity contribution in [1.82, 2.24) is 0 Å². The maximum atomic E-state index is 13.1. The molecule has 30 heavy (non-hydrogen) atoms. The summed E-state index contributed by atoms with van der Waals surface area (Å²) in [5, 5.41) is 0. The molecule has 0 N–H and O–H groups in total. The summed E-state index contributed by atoms with van der Waals surface area (Å²) in [4.78, 5) is 24.7. The van der Waals surface area contributed by atoms with Crippen molar-refractivity contribution < 1.29 is 23.8 Å². The van der Waals surface area contributed by atoms with E-state index in [9.17, 15) is 9.59 Å². The van der Waals surface area contributed by atoms with Gasteiger partial charge >= 0.3 is 11.9 Å². The van der Waals surface area contributed by atoms with E-state index in [2.05, 4.69) is 20.8 Å². The third-order valence-corrected chi connectivity index (χ3v) is 5.67. The molecule has 2 aromatic carbocycles. The normalized spacial score (nSPS) is 14.4. The number of fused-ring (bicyclic) bond motifs is 1. The van der Waals surface area contributed by atoms with Gasteiger partial charge in [-0.15, -0.1) is 0 Å². The van der Waals surface area contributed by atoms with Crippen LogP contribution in [0.15, 0.2) is 36.4 Å². The summed E-state index contributed by atoms with van der Waals surface area (Å²) in [6.45, 7) is 7.19. The highest BCUT2D eigenvalue weighted by atomic mass is 16.5. The van der Waals surface area contributed by atoms with E-state index in [1.165, 1.54) is 7.11 Å². The van der Waals surface area contributed by atoms with E-state index < -0.39 is 11.9 Å². The van der Waals surface area contributed by atoms with Crippen molar-refractivity contribution in [3.8, 4) is 11.5 Å². The molecular weight excluding hydrogens is 380 g/mol. The Hall–Kier alpha value is -2.82. The van der Waals surface area contributed by atoms with Crippen molar-refractivity contribution in [2.45, 2.75) is 58.3 Å². The highest BCUT2D eigenvalue weighted by Crippen LogP contribution is 2.40. The van der Waals surface area contributed by atoms with E-state index in [-0.39, 0.29) is 5.41 Å². The number of carbonyl (C=O) groups is 2. The van der Waals surface area contributed by atoms with E-state index in [1.54, 1.807) is 24.3 Å². The number of hydrogen-bond donors (Lipinski definition) is 0. The molecule has 160 valence electrons. The van der Waals surface area contributed by atoms with Crippen LogP contribution in [0.5, 0.6) is 11.5 Å². The van der Waals surface area contributed by atoms with Crippen molar-refractivity contribution in [2.24, 2.45) is 0 Å². The molecule has 0 aromatic heterocycles. The molecule has 0 saturated heterocycles. The quantitative estimate of drug-likeness (QED) is 0.343. The van der Waals surface area contributed by atoms with E-state index in [4.69, 9.17) is 14.2 Å². The molecule has 0 saturated carbocycles. The van der Waals surface area contributed by atoms with Crippen molar-refractivity contribution in [3.05, 3.63) is 58.7 Å². The lowest BCUT2D eigenvalue weighted by Gasteiger charge is -2.33. The van der Waals surface area contributed by atoms with Crippen molar-refractivity contribution in [3.63, 3.8) is 0 Å². The number of unbranched alkanes of at least 4 members (excludes halogenated alkanes) is 2. The lowest BCUT2D eigenvalue weighted by Crippen LogP contribution is -2.27. The van der Waals surface area contributed by atoms with E-state index in [1.807, 2.05) is 12.1 Å². The second-order valence-corrected chi connectivity index (χ2v) is 8.35. The summed E-state index contributed by atoms with van der Waals surface area (Å²) < 4.78 is 16.3. The number of aryl methyl sites for hydroxylation is 1. The fourth-order valence-electron chi connectivity index (χ4n) is 3.72. The lowest BCUT2D eigenvalue weighted by atomic mass is 9.78. The summed E-state index contributed by atoms with van der Waals surface area (Å²) in [6.07, 6.45) is 4.93. The molecule has 0 fully saturated rings. The Labute approximate surface area is 178 Å². The average Bonchev–Trinajstić information content (AvgIpc) is 2.73. The molecule has 0 atom stereocenters. The van der Waals surface area contributed by atoms with Gasteiger partial charge in [-0.25, -0.2) is 9.59 Å². The predicted molar refractivity (Wildman–Crippen MR) is 116 cm³/mol. The van der Waals surface area contributed by atoms with Crippen LogP contribution in [0.3, 0.4) is 0 Å². The zero-order valence-electron chi connectivity index (χ0n) is 18.2. The van der Waals surface area contributed by atoms with Gasteiger partial charge in [0.25, 0.3) is 0 Å². The Morgan fingerprint density at radius 3 is 2.47 bits per heavy atom. The van der Waals surface area contributed by atoms with E-state index in [0.29, 0.717) is 23.5 Å². The van der Waals surface area contributed by atoms with Crippen LogP contribution >= 0.6 is 0 Å². The molecule has 1 heterocycles. The molecule has 0 radical (unpaired) electrons.